The van der Waals surface area contributed by atoms with Crippen LogP contribution in [0.4, 0.5) is 0 Å². The summed E-state index contributed by atoms with van der Waals surface area (Å²) in [6.45, 7) is 0. The van der Waals surface area contributed by atoms with Crippen LogP contribution in [-0.4, -0.2) is 11.0 Å². The summed E-state index contributed by atoms with van der Waals surface area (Å²) in [4.78, 5) is 0. The molecule has 0 spiro atoms. The van der Waals surface area contributed by atoms with E-state index >= 15 is 0 Å². The van der Waals surface area contributed by atoms with Crippen molar-refractivity contribution < 1.29 is 76.3 Å². The van der Waals surface area contributed by atoms with Gasteiger partial charge in [-0.25, -0.2) is 0 Å². The molecule has 0 heterocycles. The van der Waals surface area contributed by atoms with E-state index in [0.29, 0.717) is 0 Å². The molecule has 0 N–H and O–H groups in total. The fourth-order valence-electron chi connectivity index (χ4n) is 0. The molecule has 0 aromatic rings. The average Bonchev–Trinajstić information content (AvgIpc) is 0. The molecule has 0 fully saturated rings. The maximum absolute atomic E-state index is 0. The summed E-state index contributed by atoms with van der Waals surface area (Å²) in [5, 5.41) is 0. The summed E-state index contributed by atoms with van der Waals surface area (Å²) >= 11 is 0. The molecule has 0 bridgehead atoms. The number of hydrogen-bond donors (Lipinski definition) is 0. The van der Waals surface area contributed by atoms with Crippen LogP contribution in [0.25, 0.3) is 0 Å². The number of hydrogen-bond acceptors (Lipinski definition) is 0. The Morgan fingerprint density at radius 2 is 0.333 bits per heavy atom. The molecule has 0 unspecified atom stereocenters. The second-order valence-electron chi connectivity index (χ2n) is 0. The van der Waals surface area contributed by atoms with Gasteiger partial charge in [-0.05, 0) is 0 Å². The van der Waals surface area contributed by atoms with Crippen molar-refractivity contribution in [1.29, 1.82) is 0 Å². The first-order valence-electron chi connectivity index (χ1n) is 0. The van der Waals surface area contributed by atoms with Gasteiger partial charge in [-0.2, -0.15) is 0 Å². The summed E-state index contributed by atoms with van der Waals surface area (Å²) in [5.74, 6) is 0. The number of rotatable bonds is 0. The van der Waals surface area contributed by atoms with Gasteiger partial charge in [0, 0.05) is 0 Å². The summed E-state index contributed by atoms with van der Waals surface area (Å²) in [7, 11) is 0. The van der Waals surface area contributed by atoms with E-state index in [2.05, 4.69) is 0 Å². The summed E-state index contributed by atoms with van der Waals surface area (Å²) < 4.78 is 0. The Hall–Kier alpha value is 1.41. The first kappa shape index (κ1) is 466. The molecule has 0 aromatic carbocycles. The van der Waals surface area contributed by atoms with Crippen molar-refractivity contribution in [2.75, 3.05) is 0 Å². The van der Waals surface area contributed by atoms with Gasteiger partial charge < -0.3 is 32.9 Å². The largest absolute Gasteiger partial charge is 4.00 e. The SMILES string of the molecule is [O-2].[O-2].[O-2].[O-2].[O-2].[O-2].[Si+4].[Ti+4].[Ti+4]. The van der Waals surface area contributed by atoms with Crippen molar-refractivity contribution in [2.45, 2.75) is 0 Å². The Labute approximate surface area is 87.0 Å². The van der Waals surface area contributed by atoms with Crippen LogP contribution >= 0.6 is 0 Å². The van der Waals surface area contributed by atoms with E-state index in [4.69, 9.17) is 0 Å². The molecule has 0 aliphatic rings. The summed E-state index contributed by atoms with van der Waals surface area (Å²) in [5.41, 5.74) is 0. The predicted molar refractivity (Wildman–Crippen MR) is 9.87 cm³/mol. The minimum atomic E-state index is 0. The van der Waals surface area contributed by atoms with Gasteiger partial charge in [0.25, 0.3) is 0 Å². The molecule has 0 saturated carbocycles. The van der Waals surface area contributed by atoms with E-state index in [1.807, 2.05) is 0 Å². The third-order valence-corrected chi connectivity index (χ3v) is 0. The van der Waals surface area contributed by atoms with Crippen LogP contribution in [0.3, 0.4) is 0 Å². The molecule has 0 aliphatic heterocycles. The zero-order chi connectivity index (χ0) is 0. The summed E-state index contributed by atoms with van der Waals surface area (Å²) in [6, 6.07) is 0. The molecule has 0 aliphatic carbocycles. The Morgan fingerprint density at radius 1 is 0.333 bits per heavy atom. The van der Waals surface area contributed by atoms with E-state index < -0.39 is 0 Å². The maximum Gasteiger partial charge on any atom is 4.00 e. The van der Waals surface area contributed by atoms with Crippen molar-refractivity contribution in [3.05, 3.63) is 0 Å². The fourth-order valence-corrected chi connectivity index (χ4v) is 0. The van der Waals surface area contributed by atoms with Crippen molar-refractivity contribution in [3.8, 4) is 0 Å². The third-order valence-electron chi connectivity index (χ3n) is 0. The van der Waals surface area contributed by atoms with Gasteiger partial charge in [0.1, 0.15) is 0 Å². The molecular weight excluding hydrogens is 220 g/mol. The van der Waals surface area contributed by atoms with Gasteiger partial charge in [-0.15, -0.1) is 0 Å². The van der Waals surface area contributed by atoms with Crippen LogP contribution in [0.15, 0.2) is 0 Å². The zero-order valence-corrected chi connectivity index (χ0v) is 8.07. The smallest absolute Gasteiger partial charge is 2.00 e. The van der Waals surface area contributed by atoms with Gasteiger partial charge in [-0.3, -0.25) is 0 Å². The molecule has 0 atom stereocenters. The van der Waals surface area contributed by atoms with E-state index in [9.17, 15) is 0 Å². The van der Waals surface area contributed by atoms with Crippen LogP contribution in [0, 0.1) is 0 Å². The molecule has 9 heteroatoms. The van der Waals surface area contributed by atoms with Gasteiger partial charge in [-0.1, -0.05) is 0 Å². The van der Waals surface area contributed by atoms with Gasteiger partial charge >= 0.3 is 54.4 Å². The van der Waals surface area contributed by atoms with Gasteiger partial charge in [0.2, 0.25) is 0 Å². The topological polar surface area (TPSA) is 171 Å². The van der Waals surface area contributed by atoms with Gasteiger partial charge in [0.05, 0.1) is 0 Å². The molecule has 0 amide bonds. The first-order chi connectivity index (χ1) is 0. The van der Waals surface area contributed by atoms with Crippen LogP contribution in [0.2, 0.25) is 0 Å². The molecule has 0 radical (unpaired) electrons. The Morgan fingerprint density at radius 3 is 0.333 bits per heavy atom. The fraction of sp³-hybridized carbons (Fsp3) is 0. The van der Waals surface area contributed by atoms with E-state index in [-0.39, 0.29) is 87.3 Å². The second-order valence-corrected chi connectivity index (χ2v) is 0. The minimum Gasteiger partial charge on any atom is -2.00 e. The average molecular weight is 220 g/mol. The molecule has 0 aromatic heterocycles. The van der Waals surface area contributed by atoms with Crippen LogP contribution < -0.4 is 0 Å². The maximum atomic E-state index is 0. The Kier molecular flexibility index (Phi) is 17400. The monoisotopic (exact) mass is 220 g/mol. The van der Waals surface area contributed by atoms with E-state index in [0.717, 1.165) is 0 Å². The molecule has 0 saturated heterocycles. The Bertz CT molecular complexity index is 11.0. The predicted octanol–water partition coefficient (Wildman–Crippen LogP) is -1.10. The molecule has 9 heavy (non-hydrogen) atoms. The standard InChI is InChI=1S/6O.Si.2Ti/q6*-2;3*+4. The normalized spacial score (nSPS) is 0. The minimum absolute atomic E-state index is 0. The molecule has 0 rings (SSSR count). The van der Waals surface area contributed by atoms with Crippen molar-refractivity contribution in [1.82, 2.24) is 0 Å². The summed E-state index contributed by atoms with van der Waals surface area (Å²) in [6.07, 6.45) is 0. The van der Waals surface area contributed by atoms with Crippen LogP contribution in [0.1, 0.15) is 0 Å². The van der Waals surface area contributed by atoms with Crippen molar-refractivity contribution in [2.24, 2.45) is 0 Å². The molecular formula is O6SiTi2. The molecule has 6 nitrogen and oxygen atoms in total. The first-order valence-corrected chi connectivity index (χ1v) is 0. The third kappa shape index (κ3) is 261. The zero-order valence-electron chi connectivity index (χ0n) is 3.95. The van der Waals surface area contributed by atoms with Crippen LogP contribution in [-0.2, 0) is 76.3 Å². The van der Waals surface area contributed by atoms with Gasteiger partial charge in [0.15, 0.2) is 0 Å². The molecule has 48 valence electrons. The second kappa shape index (κ2) is 336. The van der Waals surface area contributed by atoms with E-state index in [1.165, 1.54) is 0 Å². The Balaban J connectivity index is 0. The van der Waals surface area contributed by atoms with Crippen molar-refractivity contribution >= 4 is 11.0 Å². The van der Waals surface area contributed by atoms with Crippen LogP contribution in [0.5, 0.6) is 0 Å². The van der Waals surface area contributed by atoms with Crippen molar-refractivity contribution in [3.63, 3.8) is 0 Å². The quantitative estimate of drug-likeness (QED) is 0.451. The van der Waals surface area contributed by atoms with E-state index in [1.54, 1.807) is 0 Å².